The van der Waals surface area contributed by atoms with E-state index in [1.165, 1.54) is 11.1 Å². The Balaban J connectivity index is 0.000000581. The van der Waals surface area contributed by atoms with Gasteiger partial charge in [0.15, 0.2) is 0 Å². The maximum atomic E-state index is 5.82. The fraction of sp³-hybridized carbons (Fsp3) is 0.625. The lowest BCUT2D eigenvalue weighted by Gasteiger charge is -2.16. The smallest absolute Gasteiger partial charge is 0.0840 e. The predicted octanol–water partition coefficient (Wildman–Crippen LogP) is 5.05. The van der Waals surface area contributed by atoms with Crippen LogP contribution in [-0.4, -0.2) is 12.2 Å². The monoisotopic (exact) mass is 236 g/mol. The average molecular weight is 236 g/mol. The highest BCUT2D eigenvalue weighted by molar-refractivity contribution is 5.50. The van der Waals surface area contributed by atoms with Gasteiger partial charge in [-0.2, -0.15) is 0 Å². The van der Waals surface area contributed by atoms with E-state index in [1.807, 2.05) is 27.7 Å². The van der Waals surface area contributed by atoms with E-state index in [4.69, 9.17) is 4.74 Å². The zero-order valence-corrected chi connectivity index (χ0v) is 12.4. The van der Waals surface area contributed by atoms with Crippen LogP contribution in [0, 0.1) is 0 Å². The van der Waals surface area contributed by atoms with Gasteiger partial charge in [0, 0.05) is 0 Å². The molecule has 1 fully saturated rings. The first-order valence-corrected chi connectivity index (χ1v) is 6.82. The minimum Gasteiger partial charge on any atom is -0.366 e. The number of rotatable bonds is 2. The summed E-state index contributed by atoms with van der Waals surface area (Å²) in [7, 11) is 0. The van der Waals surface area contributed by atoms with Gasteiger partial charge in [-0.05, 0) is 37.8 Å². The summed E-state index contributed by atoms with van der Waals surface area (Å²) < 4.78 is 5.82. The summed E-state index contributed by atoms with van der Waals surface area (Å²) >= 11 is 0. The maximum absolute atomic E-state index is 5.82. The zero-order valence-electron chi connectivity index (χ0n) is 12.4. The molecule has 2 aliphatic heterocycles. The molecule has 1 heteroatoms. The minimum atomic E-state index is 0.314. The summed E-state index contributed by atoms with van der Waals surface area (Å²) in [6, 6.07) is 0. The Morgan fingerprint density at radius 2 is 1.18 bits per heavy atom. The standard InChI is InChI=1S/C12H16O.2C2H6/c1-7(2)11-9-5-6-10(13-9)12(11)8(3)4;2*1-2/h9-10H,1,3,5-6H2,2,4H3;2*1-2H3. The van der Waals surface area contributed by atoms with Crippen molar-refractivity contribution in [3.8, 4) is 0 Å². The summed E-state index contributed by atoms with van der Waals surface area (Å²) in [6.45, 7) is 20.1. The summed E-state index contributed by atoms with van der Waals surface area (Å²) in [5, 5.41) is 0. The molecule has 0 saturated carbocycles. The SMILES string of the molecule is C=C(C)C1=C(C(=C)C)C2CCC1O2.CC.CC. The van der Waals surface area contributed by atoms with E-state index in [0.717, 1.165) is 24.0 Å². The molecular formula is C16H28O. The third-order valence-electron chi connectivity index (χ3n) is 2.87. The zero-order chi connectivity index (χ0) is 13.6. The van der Waals surface area contributed by atoms with Crippen LogP contribution in [0.3, 0.4) is 0 Å². The Morgan fingerprint density at radius 1 is 0.882 bits per heavy atom. The van der Waals surface area contributed by atoms with Crippen molar-refractivity contribution in [1.82, 2.24) is 0 Å². The van der Waals surface area contributed by atoms with E-state index in [2.05, 4.69) is 27.0 Å². The van der Waals surface area contributed by atoms with Gasteiger partial charge in [0.25, 0.3) is 0 Å². The van der Waals surface area contributed by atoms with Crippen LogP contribution in [0.25, 0.3) is 0 Å². The molecule has 0 amide bonds. The third-order valence-corrected chi connectivity index (χ3v) is 2.87. The van der Waals surface area contributed by atoms with Gasteiger partial charge in [0.1, 0.15) is 0 Å². The molecule has 2 unspecified atom stereocenters. The first kappa shape index (κ1) is 16.2. The molecular weight excluding hydrogens is 208 g/mol. The fourth-order valence-electron chi connectivity index (χ4n) is 2.42. The Labute approximate surface area is 107 Å². The molecule has 0 spiro atoms. The summed E-state index contributed by atoms with van der Waals surface area (Å²) in [6.07, 6.45) is 2.94. The van der Waals surface area contributed by atoms with Crippen molar-refractivity contribution in [2.75, 3.05) is 0 Å². The van der Waals surface area contributed by atoms with E-state index in [-0.39, 0.29) is 0 Å². The van der Waals surface area contributed by atoms with Crippen LogP contribution in [0.2, 0.25) is 0 Å². The predicted molar refractivity (Wildman–Crippen MR) is 77.2 cm³/mol. The number of fused-ring (bicyclic) bond motifs is 2. The molecule has 0 aliphatic carbocycles. The molecule has 1 nitrogen and oxygen atoms in total. The lowest BCUT2D eigenvalue weighted by atomic mass is 9.85. The molecule has 0 aromatic carbocycles. The van der Waals surface area contributed by atoms with Gasteiger partial charge in [0.05, 0.1) is 12.2 Å². The van der Waals surface area contributed by atoms with Gasteiger partial charge in [-0.15, -0.1) is 0 Å². The highest BCUT2D eigenvalue weighted by Crippen LogP contribution is 2.44. The first-order chi connectivity index (χ1) is 8.11. The number of ether oxygens (including phenoxy) is 1. The molecule has 2 bridgehead atoms. The normalized spacial score (nSPS) is 24.6. The van der Waals surface area contributed by atoms with Crippen LogP contribution < -0.4 is 0 Å². The highest BCUT2D eigenvalue weighted by Gasteiger charge is 2.40. The van der Waals surface area contributed by atoms with Gasteiger partial charge < -0.3 is 4.74 Å². The van der Waals surface area contributed by atoms with Gasteiger partial charge in [-0.1, -0.05) is 52.0 Å². The lowest BCUT2D eigenvalue weighted by molar-refractivity contribution is 0.113. The van der Waals surface area contributed by atoms with Crippen molar-refractivity contribution in [3.63, 3.8) is 0 Å². The second kappa shape index (κ2) is 7.50. The molecule has 1 saturated heterocycles. The number of hydrogen-bond donors (Lipinski definition) is 0. The molecule has 0 radical (unpaired) electrons. The van der Waals surface area contributed by atoms with E-state index in [1.54, 1.807) is 0 Å². The second-order valence-corrected chi connectivity index (χ2v) is 4.08. The van der Waals surface area contributed by atoms with E-state index >= 15 is 0 Å². The Kier molecular flexibility index (Phi) is 7.13. The van der Waals surface area contributed by atoms with Gasteiger partial charge in [-0.25, -0.2) is 0 Å². The Hall–Kier alpha value is -0.820. The van der Waals surface area contributed by atoms with E-state index in [9.17, 15) is 0 Å². The second-order valence-electron chi connectivity index (χ2n) is 4.08. The van der Waals surface area contributed by atoms with Crippen molar-refractivity contribution in [1.29, 1.82) is 0 Å². The molecule has 0 N–H and O–H groups in total. The van der Waals surface area contributed by atoms with Crippen molar-refractivity contribution < 1.29 is 4.74 Å². The van der Waals surface area contributed by atoms with Gasteiger partial charge >= 0.3 is 0 Å². The quantitative estimate of drug-likeness (QED) is 0.652. The summed E-state index contributed by atoms with van der Waals surface area (Å²) in [5.41, 5.74) is 4.93. The molecule has 2 atom stereocenters. The van der Waals surface area contributed by atoms with Crippen molar-refractivity contribution in [2.24, 2.45) is 0 Å². The average Bonchev–Trinajstić information content (AvgIpc) is 2.93. The maximum Gasteiger partial charge on any atom is 0.0840 e. The van der Waals surface area contributed by atoms with Crippen LogP contribution in [0.1, 0.15) is 54.4 Å². The molecule has 17 heavy (non-hydrogen) atoms. The van der Waals surface area contributed by atoms with Crippen LogP contribution in [0.5, 0.6) is 0 Å². The molecule has 0 aromatic rings. The Bertz CT molecular complexity index is 279. The van der Waals surface area contributed by atoms with Crippen molar-refractivity contribution in [3.05, 3.63) is 35.5 Å². The van der Waals surface area contributed by atoms with E-state index < -0.39 is 0 Å². The first-order valence-electron chi connectivity index (χ1n) is 6.82. The lowest BCUT2D eigenvalue weighted by Crippen LogP contribution is -2.10. The topological polar surface area (TPSA) is 9.23 Å². The van der Waals surface area contributed by atoms with Crippen LogP contribution in [-0.2, 0) is 4.74 Å². The molecule has 98 valence electrons. The van der Waals surface area contributed by atoms with Gasteiger partial charge in [0.2, 0.25) is 0 Å². The van der Waals surface area contributed by atoms with Crippen LogP contribution >= 0.6 is 0 Å². The van der Waals surface area contributed by atoms with Gasteiger partial charge in [-0.3, -0.25) is 0 Å². The molecule has 2 aliphatic rings. The highest BCUT2D eigenvalue weighted by atomic mass is 16.5. The number of hydrogen-bond acceptors (Lipinski definition) is 1. The Morgan fingerprint density at radius 3 is 1.41 bits per heavy atom. The van der Waals surface area contributed by atoms with Crippen LogP contribution in [0.15, 0.2) is 35.5 Å². The van der Waals surface area contributed by atoms with Crippen molar-refractivity contribution in [2.45, 2.75) is 66.6 Å². The summed E-state index contributed by atoms with van der Waals surface area (Å²) in [4.78, 5) is 0. The minimum absolute atomic E-state index is 0.314. The molecule has 2 rings (SSSR count). The molecule has 2 heterocycles. The third kappa shape index (κ3) is 3.32. The fourth-order valence-corrected chi connectivity index (χ4v) is 2.42. The summed E-state index contributed by atoms with van der Waals surface area (Å²) in [5.74, 6) is 0. The van der Waals surface area contributed by atoms with E-state index in [0.29, 0.717) is 12.2 Å². The van der Waals surface area contributed by atoms with Crippen LogP contribution in [0.4, 0.5) is 0 Å². The largest absolute Gasteiger partial charge is 0.366 e. The van der Waals surface area contributed by atoms with Crippen molar-refractivity contribution >= 4 is 0 Å². The molecule has 0 aromatic heterocycles.